The molecule has 0 saturated heterocycles. The Balaban J connectivity index is 2.78. The topological polar surface area (TPSA) is 43.6 Å². The van der Waals surface area contributed by atoms with Crippen molar-refractivity contribution in [2.75, 3.05) is 0 Å². The van der Waals surface area contributed by atoms with E-state index < -0.39 is 0 Å². The maximum Gasteiger partial charge on any atom is 0.176 e. The van der Waals surface area contributed by atoms with E-state index in [4.69, 9.17) is 0 Å². The highest BCUT2D eigenvalue weighted by Crippen LogP contribution is 2.19. The Bertz CT molecular complexity index is 430. The maximum absolute atomic E-state index is 4.38. The second kappa shape index (κ2) is 2.80. The molecule has 0 N–H and O–H groups in total. The monoisotopic (exact) mass is 176 g/mol. The van der Waals surface area contributed by atoms with Gasteiger partial charge in [-0.1, -0.05) is 13.8 Å². The molecule has 0 saturated carbocycles. The first-order chi connectivity index (χ1) is 6.20. The third-order valence-electron chi connectivity index (χ3n) is 2.03. The predicted octanol–water partition coefficient (Wildman–Crippen LogP) is 1.49. The fourth-order valence-electron chi connectivity index (χ4n) is 1.39. The third-order valence-corrected chi connectivity index (χ3v) is 2.03. The van der Waals surface area contributed by atoms with Crippen LogP contribution in [0.2, 0.25) is 0 Å². The highest BCUT2D eigenvalue weighted by Gasteiger charge is 2.12. The van der Waals surface area contributed by atoms with Gasteiger partial charge in [0.05, 0.1) is 5.69 Å². The van der Waals surface area contributed by atoms with E-state index in [0.29, 0.717) is 5.92 Å². The summed E-state index contributed by atoms with van der Waals surface area (Å²) >= 11 is 0. The lowest BCUT2D eigenvalue weighted by atomic mass is 10.1. The standard InChI is InChI=1S/C9H12N4/c1-6(2)7-8-9(13(3)12-7)11-5-4-10-8/h4-6H,1-3H3. The second-order valence-corrected chi connectivity index (χ2v) is 3.39. The summed E-state index contributed by atoms with van der Waals surface area (Å²) in [5.74, 6) is 0.389. The molecule has 13 heavy (non-hydrogen) atoms. The zero-order valence-electron chi connectivity index (χ0n) is 8.02. The van der Waals surface area contributed by atoms with Crippen LogP contribution in [0.1, 0.15) is 25.5 Å². The molecule has 0 amide bonds. The van der Waals surface area contributed by atoms with Gasteiger partial charge in [0.2, 0.25) is 0 Å². The Morgan fingerprint density at radius 1 is 1.23 bits per heavy atom. The van der Waals surface area contributed by atoms with Gasteiger partial charge in [-0.2, -0.15) is 5.10 Å². The maximum atomic E-state index is 4.38. The summed E-state index contributed by atoms with van der Waals surface area (Å²) < 4.78 is 1.78. The molecule has 0 unspecified atom stereocenters. The summed E-state index contributed by atoms with van der Waals surface area (Å²) in [5.41, 5.74) is 2.79. The highest BCUT2D eigenvalue weighted by atomic mass is 15.3. The van der Waals surface area contributed by atoms with Gasteiger partial charge in [-0.15, -0.1) is 0 Å². The Morgan fingerprint density at radius 2 is 1.92 bits per heavy atom. The minimum Gasteiger partial charge on any atom is -0.249 e. The van der Waals surface area contributed by atoms with Crippen molar-refractivity contribution in [3.8, 4) is 0 Å². The van der Waals surface area contributed by atoms with E-state index in [0.717, 1.165) is 16.9 Å². The molecular formula is C9H12N4. The van der Waals surface area contributed by atoms with Crippen LogP contribution in [0.5, 0.6) is 0 Å². The Hall–Kier alpha value is -1.45. The van der Waals surface area contributed by atoms with Gasteiger partial charge in [0.1, 0.15) is 5.52 Å². The minimum absolute atomic E-state index is 0.389. The first-order valence-electron chi connectivity index (χ1n) is 4.33. The van der Waals surface area contributed by atoms with E-state index in [1.54, 1.807) is 17.1 Å². The molecule has 4 nitrogen and oxygen atoms in total. The largest absolute Gasteiger partial charge is 0.249 e. The quantitative estimate of drug-likeness (QED) is 0.661. The molecule has 2 heterocycles. The van der Waals surface area contributed by atoms with Crippen LogP contribution >= 0.6 is 0 Å². The molecule has 0 bridgehead atoms. The molecule has 0 aromatic carbocycles. The van der Waals surface area contributed by atoms with E-state index in [1.807, 2.05) is 7.05 Å². The fraction of sp³-hybridized carbons (Fsp3) is 0.444. The van der Waals surface area contributed by atoms with Gasteiger partial charge in [0, 0.05) is 19.4 Å². The summed E-state index contributed by atoms with van der Waals surface area (Å²) in [4.78, 5) is 8.50. The molecule has 0 aliphatic rings. The smallest absolute Gasteiger partial charge is 0.176 e. The SMILES string of the molecule is CC(C)c1nn(C)c2nccnc12. The normalized spacial score (nSPS) is 11.4. The first-order valence-corrected chi connectivity index (χ1v) is 4.33. The molecule has 0 spiro atoms. The molecule has 68 valence electrons. The fourth-order valence-corrected chi connectivity index (χ4v) is 1.39. The third kappa shape index (κ3) is 1.18. The van der Waals surface area contributed by atoms with Gasteiger partial charge in [-0.3, -0.25) is 0 Å². The molecule has 2 aromatic heterocycles. The van der Waals surface area contributed by atoms with Gasteiger partial charge in [0.15, 0.2) is 5.65 Å². The Labute approximate surface area is 76.6 Å². The van der Waals surface area contributed by atoms with Gasteiger partial charge in [-0.25, -0.2) is 14.6 Å². The van der Waals surface area contributed by atoms with Crippen LogP contribution in [0.3, 0.4) is 0 Å². The Morgan fingerprint density at radius 3 is 2.62 bits per heavy atom. The second-order valence-electron chi connectivity index (χ2n) is 3.39. The number of aryl methyl sites for hydroxylation is 1. The van der Waals surface area contributed by atoms with Crippen LogP contribution in [0.25, 0.3) is 11.2 Å². The van der Waals surface area contributed by atoms with Gasteiger partial charge < -0.3 is 0 Å². The van der Waals surface area contributed by atoms with Crippen LogP contribution in [0, 0.1) is 0 Å². The lowest BCUT2D eigenvalue weighted by Crippen LogP contribution is -1.93. The van der Waals surface area contributed by atoms with E-state index in [2.05, 4.69) is 28.9 Å². The van der Waals surface area contributed by atoms with Gasteiger partial charge in [0.25, 0.3) is 0 Å². The van der Waals surface area contributed by atoms with Crippen LogP contribution in [-0.4, -0.2) is 19.7 Å². The molecule has 0 atom stereocenters. The zero-order chi connectivity index (χ0) is 9.42. The zero-order valence-corrected chi connectivity index (χ0v) is 8.02. The van der Waals surface area contributed by atoms with E-state index in [9.17, 15) is 0 Å². The van der Waals surface area contributed by atoms with Crippen LogP contribution in [0.15, 0.2) is 12.4 Å². The van der Waals surface area contributed by atoms with Crippen molar-refractivity contribution in [1.82, 2.24) is 19.7 Å². The number of rotatable bonds is 1. The molecule has 0 aliphatic heterocycles. The van der Waals surface area contributed by atoms with Crippen LogP contribution < -0.4 is 0 Å². The van der Waals surface area contributed by atoms with Crippen molar-refractivity contribution >= 4 is 11.2 Å². The summed E-state index contributed by atoms with van der Waals surface area (Å²) in [5, 5.41) is 4.38. The van der Waals surface area contributed by atoms with Crippen molar-refractivity contribution in [2.24, 2.45) is 7.05 Å². The van der Waals surface area contributed by atoms with Crippen molar-refractivity contribution in [3.05, 3.63) is 18.1 Å². The predicted molar refractivity (Wildman–Crippen MR) is 50.4 cm³/mol. The van der Waals surface area contributed by atoms with Crippen molar-refractivity contribution in [3.63, 3.8) is 0 Å². The van der Waals surface area contributed by atoms with Gasteiger partial charge in [-0.05, 0) is 5.92 Å². The Kier molecular flexibility index (Phi) is 1.76. The van der Waals surface area contributed by atoms with Crippen LogP contribution in [0.4, 0.5) is 0 Å². The van der Waals surface area contributed by atoms with Crippen molar-refractivity contribution < 1.29 is 0 Å². The molecule has 0 fully saturated rings. The average Bonchev–Trinajstić information content (AvgIpc) is 2.45. The van der Waals surface area contributed by atoms with Gasteiger partial charge >= 0.3 is 0 Å². The first kappa shape index (κ1) is 8.16. The summed E-state index contributed by atoms with van der Waals surface area (Å²) in [7, 11) is 1.89. The van der Waals surface area contributed by atoms with E-state index >= 15 is 0 Å². The average molecular weight is 176 g/mol. The molecular weight excluding hydrogens is 164 g/mol. The van der Waals surface area contributed by atoms with Crippen molar-refractivity contribution in [1.29, 1.82) is 0 Å². The molecule has 4 heteroatoms. The number of fused-ring (bicyclic) bond motifs is 1. The molecule has 0 aliphatic carbocycles. The lowest BCUT2D eigenvalue weighted by Gasteiger charge is -1.97. The summed E-state index contributed by atoms with van der Waals surface area (Å²) in [6.45, 7) is 4.22. The molecule has 0 radical (unpaired) electrons. The summed E-state index contributed by atoms with van der Waals surface area (Å²) in [6.07, 6.45) is 3.39. The number of hydrogen-bond acceptors (Lipinski definition) is 3. The summed E-state index contributed by atoms with van der Waals surface area (Å²) in [6, 6.07) is 0. The minimum atomic E-state index is 0.389. The number of hydrogen-bond donors (Lipinski definition) is 0. The molecule has 2 rings (SSSR count). The van der Waals surface area contributed by atoms with Crippen LogP contribution in [-0.2, 0) is 7.05 Å². The van der Waals surface area contributed by atoms with Crippen molar-refractivity contribution in [2.45, 2.75) is 19.8 Å². The highest BCUT2D eigenvalue weighted by molar-refractivity contribution is 5.73. The number of nitrogens with zero attached hydrogens (tertiary/aromatic N) is 4. The number of aromatic nitrogens is 4. The van der Waals surface area contributed by atoms with E-state index in [1.165, 1.54) is 0 Å². The molecule has 2 aromatic rings. The van der Waals surface area contributed by atoms with E-state index in [-0.39, 0.29) is 0 Å². The lowest BCUT2D eigenvalue weighted by molar-refractivity contribution is 0.724.